The number of pyridine rings is 1. The van der Waals surface area contributed by atoms with Crippen LogP contribution in [0.15, 0.2) is 48.7 Å². The molecule has 0 unspecified atom stereocenters. The number of rotatable bonds is 4. The number of aromatic nitrogens is 1. The molecule has 3 rings (SSSR count). The minimum absolute atomic E-state index is 0.0123. The summed E-state index contributed by atoms with van der Waals surface area (Å²) in [5, 5.41) is 9.31. The van der Waals surface area contributed by atoms with Crippen molar-refractivity contribution in [2.75, 3.05) is 7.11 Å². The molecule has 116 valence electrons. The zero-order valence-corrected chi connectivity index (χ0v) is 12.7. The maximum Gasteiger partial charge on any atom is 0.336 e. The van der Waals surface area contributed by atoms with Crippen LogP contribution in [0.3, 0.4) is 0 Å². The fourth-order valence-electron chi connectivity index (χ4n) is 2.84. The summed E-state index contributed by atoms with van der Waals surface area (Å²) in [6.07, 6.45) is 1.77. The van der Waals surface area contributed by atoms with Gasteiger partial charge in [-0.15, -0.1) is 0 Å². The fourth-order valence-corrected chi connectivity index (χ4v) is 2.84. The Labute approximate surface area is 132 Å². The van der Waals surface area contributed by atoms with Crippen molar-refractivity contribution in [2.45, 2.75) is 6.92 Å². The quantitative estimate of drug-likeness (QED) is 0.752. The molecule has 0 bridgehead atoms. The van der Waals surface area contributed by atoms with Gasteiger partial charge in [0.2, 0.25) is 5.78 Å². The third-order valence-electron chi connectivity index (χ3n) is 3.85. The van der Waals surface area contributed by atoms with E-state index in [2.05, 4.69) is 0 Å². The SMILES string of the molecule is COc1c(C)c(C(=O)c2ccccc2C(=O)O)n2ccccc12. The maximum absolute atomic E-state index is 13.0. The number of fused-ring (bicyclic) bond motifs is 1. The Hall–Kier alpha value is -3.08. The van der Waals surface area contributed by atoms with E-state index in [0.29, 0.717) is 17.0 Å². The lowest BCUT2D eigenvalue weighted by Crippen LogP contribution is -2.12. The normalized spacial score (nSPS) is 10.7. The van der Waals surface area contributed by atoms with E-state index in [1.165, 1.54) is 12.1 Å². The third-order valence-corrected chi connectivity index (χ3v) is 3.85. The van der Waals surface area contributed by atoms with Gasteiger partial charge in [0.1, 0.15) is 11.4 Å². The highest BCUT2D eigenvalue weighted by molar-refractivity contribution is 6.15. The molecule has 0 aliphatic rings. The summed E-state index contributed by atoms with van der Waals surface area (Å²) in [5.74, 6) is -0.855. The highest BCUT2D eigenvalue weighted by atomic mass is 16.5. The highest BCUT2D eigenvalue weighted by Crippen LogP contribution is 2.32. The Balaban J connectivity index is 2.28. The van der Waals surface area contributed by atoms with E-state index in [1.54, 1.807) is 36.8 Å². The summed E-state index contributed by atoms with van der Waals surface area (Å²) in [6.45, 7) is 1.79. The van der Waals surface area contributed by atoms with Gasteiger partial charge in [0.05, 0.1) is 18.2 Å². The molecule has 0 radical (unpaired) electrons. The van der Waals surface area contributed by atoms with Gasteiger partial charge in [-0.1, -0.05) is 24.3 Å². The summed E-state index contributed by atoms with van der Waals surface area (Å²) in [4.78, 5) is 24.4. The smallest absolute Gasteiger partial charge is 0.336 e. The molecular weight excluding hydrogens is 294 g/mol. The molecule has 0 spiro atoms. The van der Waals surface area contributed by atoms with Gasteiger partial charge in [0.25, 0.3) is 0 Å². The summed E-state index contributed by atoms with van der Waals surface area (Å²) >= 11 is 0. The van der Waals surface area contributed by atoms with Crippen molar-refractivity contribution in [3.8, 4) is 5.75 Å². The van der Waals surface area contributed by atoms with E-state index in [-0.39, 0.29) is 16.9 Å². The van der Waals surface area contributed by atoms with Crippen molar-refractivity contribution in [3.63, 3.8) is 0 Å². The molecule has 0 saturated heterocycles. The summed E-state index contributed by atoms with van der Waals surface area (Å²) in [6, 6.07) is 11.7. The van der Waals surface area contributed by atoms with Crippen LogP contribution in [0.2, 0.25) is 0 Å². The lowest BCUT2D eigenvalue weighted by molar-refractivity contribution is 0.0692. The predicted octanol–water partition coefficient (Wildman–Crippen LogP) is 3.19. The first-order valence-corrected chi connectivity index (χ1v) is 7.07. The van der Waals surface area contributed by atoms with E-state index in [1.807, 2.05) is 18.2 Å². The van der Waals surface area contributed by atoms with Crippen LogP contribution in [0.4, 0.5) is 0 Å². The molecule has 1 aromatic carbocycles. The number of ether oxygens (including phenoxy) is 1. The van der Waals surface area contributed by atoms with Crippen molar-refractivity contribution in [3.05, 3.63) is 71.0 Å². The van der Waals surface area contributed by atoms with Crippen molar-refractivity contribution < 1.29 is 19.4 Å². The van der Waals surface area contributed by atoms with Gasteiger partial charge >= 0.3 is 5.97 Å². The molecule has 5 heteroatoms. The zero-order valence-electron chi connectivity index (χ0n) is 12.7. The Morgan fingerprint density at radius 2 is 1.70 bits per heavy atom. The number of methoxy groups -OCH3 is 1. The second kappa shape index (κ2) is 5.61. The maximum atomic E-state index is 13.0. The van der Waals surface area contributed by atoms with Gasteiger partial charge in [0.15, 0.2) is 0 Å². The van der Waals surface area contributed by atoms with Crippen molar-refractivity contribution in [1.29, 1.82) is 0 Å². The van der Waals surface area contributed by atoms with E-state index < -0.39 is 5.97 Å². The predicted molar refractivity (Wildman–Crippen MR) is 85.5 cm³/mol. The standard InChI is InChI=1S/C18H15NO4/c1-11-15(19-10-6-5-9-14(19)17(11)23-2)16(20)12-7-3-4-8-13(12)18(21)22/h3-10H,1-2H3,(H,21,22). The molecular formula is C18H15NO4. The largest absolute Gasteiger partial charge is 0.494 e. The van der Waals surface area contributed by atoms with Crippen LogP contribution in [0, 0.1) is 6.92 Å². The van der Waals surface area contributed by atoms with E-state index in [9.17, 15) is 14.7 Å². The van der Waals surface area contributed by atoms with Crippen LogP contribution >= 0.6 is 0 Å². The molecule has 0 atom stereocenters. The molecule has 0 fully saturated rings. The first-order chi connectivity index (χ1) is 11.1. The molecule has 0 amide bonds. The van der Waals surface area contributed by atoms with E-state index in [4.69, 9.17) is 4.74 Å². The monoisotopic (exact) mass is 309 g/mol. The highest BCUT2D eigenvalue weighted by Gasteiger charge is 2.25. The second-order valence-corrected chi connectivity index (χ2v) is 5.14. The molecule has 0 saturated carbocycles. The van der Waals surface area contributed by atoms with Crippen LogP contribution in [-0.4, -0.2) is 28.4 Å². The Kier molecular flexibility index (Phi) is 3.62. The van der Waals surface area contributed by atoms with E-state index >= 15 is 0 Å². The minimum Gasteiger partial charge on any atom is -0.494 e. The average Bonchev–Trinajstić information content (AvgIpc) is 2.85. The minimum atomic E-state index is -1.13. The number of carboxylic acid groups (broad SMARTS) is 1. The fraction of sp³-hybridized carbons (Fsp3) is 0.111. The number of hydrogen-bond acceptors (Lipinski definition) is 3. The lowest BCUT2D eigenvalue weighted by Gasteiger charge is -2.06. The second-order valence-electron chi connectivity index (χ2n) is 5.14. The first-order valence-electron chi connectivity index (χ1n) is 7.07. The van der Waals surface area contributed by atoms with Gasteiger partial charge in [-0.2, -0.15) is 0 Å². The first kappa shape index (κ1) is 14.8. The lowest BCUT2D eigenvalue weighted by atomic mass is 10.00. The number of carbonyl (C=O) groups excluding carboxylic acids is 1. The number of nitrogens with zero attached hydrogens (tertiary/aromatic N) is 1. The molecule has 0 aliphatic heterocycles. The molecule has 0 aliphatic carbocycles. The van der Waals surface area contributed by atoms with Crippen LogP contribution < -0.4 is 4.74 Å². The van der Waals surface area contributed by atoms with Gasteiger partial charge in [-0.3, -0.25) is 4.79 Å². The van der Waals surface area contributed by atoms with Crippen LogP contribution in [-0.2, 0) is 0 Å². The topological polar surface area (TPSA) is 68.0 Å². The molecule has 5 nitrogen and oxygen atoms in total. The van der Waals surface area contributed by atoms with Gasteiger partial charge in [-0.25, -0.2) is 4.79 Å². The summed E-state index contributed by atoms with van der Waals surface area (Å²) < 4.78 is 7.14. The summed E-state index contributed by atoms with van der Waals surface area (Å²) in [7, 11) is 1.55. The summed E-state index contributed by atoms with van der Waals surface area (Å²) in [5.41, 5.74) is 2.01. The van der Waals surface area contributed by atoms with Gasteiger partial charge < -0.3 is 14.2 Å². The third kappa shape index (κ3) is 2.26. The van der Waals surface area contributed by atoms with Gasteiger partial charge in [0, 0.05) is 17.3 Å². The van der Waals surface area contributed by atoms with Crippen LogP contribution in [0.25, 0.3) is 5.52 Å². The number of hydrogen-bond donors (Lipinski definition) is 1. The molecule has 23 heavy (non-hydrogen) atoms. The zero-order chi connectivity index (χ0) is 16.6. The molecule has 2 heterocycles. The Bertz CT molecular complexity index is 924. The van der Waals surface area contributed by atoms with E-state index in [0.717, 1.165) is 5.52 Å². The number of carboxylic acids is 1. The van der Waals surface area contributed by atoms with Crippen molar-refractivity contribution in [1.82, 2.24) is 4.40 Å². The molecule has 1 N–H and O–H groups in total. The molecule has 2 aromatic heterocycles. The number of aromatic carboxylic acids is 1. The van der Waals surface area contributed by atoms with Gasteiger partial charge in [-0.05, 0) is 25.1 Å². The Morgan fingerprint density at radius 1 is 1.04 bits per heavy atom. The number of benzene rings is 1. The Morgan fingerprint density at radius 3 is 2.35 bits per heavy atom. The van der Waals surface area contributed by atoms with Crippen molar-refractivity contribution >= 4 is 17.3 Å². The number of carbonyl (C=O) groups is 2. The van der Waals surface area contributed by atoms with Crippen LogP contribution in [0.5, 0.6) is 5.75 Å². The average molecular weight is 309 g/mol. The van der Waals surface area contributed by atoms with Crippen LogP contribution in [0.1, 0.15) is 32.0 Å². The number of ketones is 1. The van der Waals surface area contributed by atoms with Crippen molar-refractivity contribution in [2.24, 2.45) is 0 Å². The molecule has 3 aromatic rings.